The maximum Gasteiger partial charge on any atom is 0.157 e. The number of sulfone groups is 1. The lowest BCUT2D eigenvalue weighted by molar-refractivity contribution is 0.382. The van der Waals surface area contributed by atoms with Crippen molar-refractivity contribution in [2.75, 3.05) is 5.73 Å². The zero-order chi connectivity index (χ0) is 13.2. The van der Waals surface area contributed by atoms with Crippen LogP contribution in [-0.4, -0.2) is 13.7 Å². The second-order valence-corrected chi connectivity index (χ2v) is 7.72. The van der Waals surface area contributed by atoms with Crippen molar-refractivity contribution in [2.45, 2.75) is 43.6 Å². The number of rotatable bonds is 3. The summed E-state index contributed by atoms with van der Waals surface area (Å²) < 4.78 is 24.7. The normalized spacial score (nSPS) is 24.9. The van der Waals surface area contributed by atoms with E-state index in [2.05, 4.69) is 6.92 Å². The van der Waals surface area contributed by atoms with Crippen LogP contribution >= 0.6 is 0 Å². The fourth-order valence-corrected chi connectivity index (χ4v) is 4.71. The first-order valence-electron chi connectivity index (χ1n) is 6.53. The van der Waals surface area contributed by atoms with Crippen molar-refractivity contribution in [2.24, 2.45) is 5.92 Å². The van der Waals surface area contributed by atoms with Gasteiger partial charge in [-0.05, 0) is 36.5 Å². The molecule has 2 N–H and O–H groups in total. The molecular weight excluding hydrogens is 246 g/mol. The second-order valence-electron chi connectivity index (χ2n) is 5.44. The molecule has 1 aliphatic carbocycles. The first-order valence-corrected chi connectivity index (χ1v) is 8.25. The maximum absolute atomic E-state index is 12.4. The minimum absolute atomic E-state index is 0.144. The highest BCUT2D eigenvalue weighted by Crippen LogP contribution is 2.30. The highest BCUT2D eigenvalue weighted by molar-refractivity contribution is 7.91. The Balaban J connectivity index is 2.09. The van der Waals surface area contributed by atoms with Gasteiger partial charge in [0.1, 0.15) is 0 Å². The summed E-state index contributed by atoms with van der Waals surface area (Å²) in [6, 6.07) is 7.13. The van der Waals surface area contributed by atoms with Gasteiger partial charge < -0.3 is 5.73 Å². The van der Waals surface area contributed by atoms with Crippen LogP contribution in [0.2, 0.25) is 0 Å². The number of anilines is 1. The summed E-state index contributed by atoms with van der Waals surface area (Å²) in [6.45, 7) is 2.14. The van der Waals surface area contributed by atoms with Gasteiger partial charge in [0.25, 0.3) is 0 Å². The van der Waals surface area contributed by atoms with E-state index in [0.717, 1.165) is 31.2 Å². The molecule has 0 aromatic heterocycles. The van der Waals surface area contributed by atoms with Gasteiger partial charge in [-0.25, -0.2) is 8.42 Å². The fraction of sp³-hybridized carbons (Fsp3) is 0.571. The van der Waals surface area contributed by atoms with Gasteiger partial charge in [0, 0.05) is 5.69 Å². The highest BCUT2D eigenvalue weighted by Gasteiger charge is 2.30. The molecule has 100 valence electrons. The van der Waals surface area contributed by atoms with Crippen LogP contribution in [0, 0.1) is 5.92 Å². The largest absolute Gasteiger partial charge is 0.399 e. The number of nitrogen functional groups attached to an aromatic ring is 1. The van der Waals surface area contributed by atoms with Gasteiger partial charge in [0.05, 0.1) is 11.0 Å². The predicted octanol–water partition coefficient (Wildman–Crippen LogP) is 2.76. The Morgan fingerprint density at radius 1 is 1.22 bits per heavy atom. The number of hydrogen-bond donors (Lipinski definition) is 1. The van der Waals surface area contributed by atoms with E-state index in [-0.39, 0.29) is 11.0 Å². The van der Waals surface area contributed by atoms with Crippen LogP contribution in [0.15, 0.2) is 24.3 Å². The van der Waals surface area contributed by atoms with Crippen molar-refractivity contribution >= 4 is 15.5 Å². The van der Waals surface area contributed by atoms with Crippen LogP contribution in [0.1, 0.15) is 38.2 Å². The maximum atomic E-state index is 12.4. The Bertz CT molecular complexity index is 493. The van der Waals surface area contributed by atoms with Gasteiger partial charge in [-0.1, -0.05) is 31.9 Å². The molecule has 2 unspecified atom stereocenters. The van der Waals surface area contributed by atoms with E-state index < -0.39 is 9.84 Å². The molecule has 1 aromatic rings. The Hall–Kier alpha value is -1.03. The summed E-state index contributed by atoms with van der Waals surface area (Å²) in [7, 11) is -3.02. The smallest absolute Gasteiger partial charge is 0.157 e. The lowest BCUT2D eigenvalue weighted by Gasteiger charge is -2.26. The van der Waals surface area contributed by atoms with Crippen LogP contribution in [0.5, 0.6) is 0 Å². The lowest BCUT2D eigenvalue weighted by atomic mass is 9.91. The minimum atomic E-state index is -3.02. The van der Waals surface area contributed by atoms with Gasteiger partial charge >= 0.3 is 0 Å². The Labute approximate surface area is 109 Å². The molecule has 1 aromatic carbocycles. The van der Waals surface area contributed by atoms with Crippen LogP contribution in [0.25, 0.3) is 0 Å². The second kappa shape index (κ2) is 5.31. The Morgan fingerprint density at radius 2 is 1.89 bits per heavy atom. The minimum Gasteiger partial charge on any atom is -0.399 e. The van der Waals surface area contributed by atoms with Crippen molar-refractivity contribution in [3.63, 3.8) is 0 Å². The van der Waals surface area contributed by atoms with Crippen LogP contribution in [-0.2, 0) is 15.6 Å². The zero-order valence-corrected chi connectivity index (χ0v) is 11.6. The van der Waals surface area contributed by atoms with Gasteiger partial charge in [0.2, 0.25) is 0 Å². The van der Waals surface area contributed by atoms with E-state index in [1.165, 1.54) is 0 Å². The average Bonchev–Trinajstić information content (AvgIpc) is 2.32. The number of nitrogens with two attached hydrogens (primary N) is 1. The van der Waals surface area contributed by atoms with Gasteiger partial charge in [-0.2, -0.15) is 0 Å². The van der Waals surface area contributed by atoms with Crippen molar-refractivity contribution < 1.29 is 8.42 Å². The molecule has 0 saturated heterocycles. The molecule has 0 radical (unpaired) electrons. The molecule has 0 amide bonds. The molecule has 4 heteroatoms. The number of benzene rings is 1. The molecule has 2 atom stereocenters. The molecule has 1 aliphatic rings. The Morgan fingerprint density at radius 3 is 2.50 bits per heavy atom. The third-order valence-electron chi connectivity index (χ3n) is 3.74. The Kier molecular flexibility index (Phi) is 3.95. The van der Waals surface area contributed by atoms with E-state index in [1.54, 1.807) is 24.3 Å². The third kappa shape index (κ3) is 3.25. The number of hydrogen-bond acceptors (Lipinski definition) is 3. The van der Waals surface area contributed by atoms with E-state index in [9.17, 15) is 8.42 Å². The topological polar surface area (TPSA) is 60.2 Å². The van der Waals surface area contributed by atoms with Gasteiger partial charge in [-0.3, -0.25) is 0 Å². The van der Waals surface area contributed by atoms with Crippen molar-refractivity contribution in [3.05, 3.63) is 29.8 Å². The first kappa shape index (κ1) is 13.4. The van der Waals surface area contributed by atoms with Crippen LogP contribution < -0.4 is 5.73 Å². The fourth-order valence-electron chi connectivity index (χ4n) is 2.67. The van der Waals surface area contributed by atoms with Crippen LogP contribution in [0.4, 0.5) is 5.69 Å². The first-order chi connectivity index (χ1) is 8.47. The molecule has 3 nitrogen and oxygen atoms in total. The molecule has 18 heavy (non-hydrogen) atoms. The zero-order valence-electron chi connectivity index (χ0n) is 10.8. The summed E-state index contributed by atoms with van der Waals surface area (Å²) in [5.41, 5.74) is 7.11. The molecule has 0 spiro atoms. The average molecular weight is 267 g/mol. The summed E-state index contributed by atoms with van der Waals surface area (Å²) >= 11 is 0. The molecule has 1 fully saturated rings. The van der Waals surface area contributed by atoms with E-state index in [1.807, 2.05) is 0 Å². The monoisotopic (exact) mass is 267 g/mol. The summed E-state index contributed by atoms with van der Waals surface area (Å²) in [5.74, 6) is 0.676. The highest BCUT2D eigenvalue weighted by atomic mass is 32.2. The molecule has 0 heterocycles. The molecule has 1 saturated carbocycles. The van der Waals surface area contributed by atoms with Gasteiger partial charge in [0.15, 0.2) is 9.84 Å². The molecule has 0 aliphatic heterocycles. The molecule has 2 rings (SSSR count). The molecular formula is C14H21NO2S. The summed E-state index contributed by atoms with van der Waals surface area (Å²) in [4.78, 5) is 0. The molecule has 0 bridgehead atoms. The van der Waals surface area contributed by atoms with Crippen molar-refractivity contribution in [3.8, 4) is 0 Å². The van der Waals surface area contributed by atoms with E-state index >= 15 is 0 Å². The van der Waals surface area contributed by atoms with Crippen LogP contribution in [0.3, 0.4) is 0 Å². The third-order valence-corrected chi connectivity index (χ3v) is 5.92. The van der Waals surface area contributed by atoms with E-state index in [4.69, 9.17) is 5.73 Å². The van der Waals surface area contributed by atoms with Gasteiger partial charge in [-0.15, -0.1) is 0 Å². The summed E-state index contributed by atoms with van der Waals surface area (Å²) in [5, 5.41) is -0.154. The van der Waals surface area contributed by atoms with Crippen molar-refractivity contribution in [1.29, 1.82) is 0 Å². The van der Waals surface area contributed by atoms with Crippen molar-refractivity contribution in [1.82, 2.24) is 0 Å². The lowest BCUT2D eigenvalue weighted by Crippen LogP contribution is -2.28. The summed E-state index contributed by atoms with van der Waals surface area (Å²) in [6.07, 6.45) is 3.83. The quantitative estimate of drug-likeness (QED) is 0.857. The standard InChI is InChI=1S/C14H21NO2S/c1-11-3-2-4-14(9-11)18(16,17)10-12-5-7-13(15)8-6-12/h5-8,11,14H,2-4,9-10,15H2,1H3. The van der Waals surface area contributed by atoms with E-state index in [0.29, 0.717) is 11.6 Å². The predicted molar refractivity (Wildman–Crippen MR) is 74.9 cm³/mol. The SMILES string of the molecule is CC1CCCC(S(=O)(=O)Cc2ccc(N)cc2)C1.